The van der Waals surface area contributed by atoms with Crippen molar-refractivity contribution in [1.82, 2.24) is 14.9 Å². The number of aromatic nitrogens is 2. The van der Waals surface area contributed by atoms with Crippen LogP contribution in [-0.2, 0) is 9.47 Å². The highest BCUT2D eigenvalue weighted by Gasteiger charge is 2.34. The van der Waals surface area contributed by atoms with Gasteiger partial charge in [-0.25, -0.2) is 14.2 Å². The maximum Gasteiger partial charge on any atom is 0.410 e. The van der Waals surface area contributed by atoms with Gasteiger partial charge in [-0.15, -0.1) is 0 Å². The molecule has 0 bridgehead atoms. The zero-order valence-corrected chi connectivity index (χ0v) is 19.5. The molecule has 1 saturated heterocycles. The Morgan fingerprint density at radius 2 is 2.03 bits per heavy atom. The second-order valence-corrected chi connectivity index (χ2v) is 10.3. The summed E-state index contributed by atoms with van der Waals surface area (Å²) >= 11 is 0. The molecule has 4 rings (SSSR count). The Labute approximate surface area is 188 Å². The van der Waals surface area contributed by atoms with E-state index in [1.807, 2.05) is 26.8 Å². The van der Waals surface area contributed by atoms with Gasteiger partial charge in [0.2, 0.25) is 0 Å². The van der Waals surface area contributed by atoms with Gasteiger partial charge in [-0.1, -0.05) is 25.8 Å². The molecule has 176 valence electrons. The zero-order chi connectivity index (χ0) is 23.0. The van der Waals surface area contributed by atoms with E-state index < -0.39 is 23.6 Å². The number of aromatic amines is 1. The summed E-state index contributed by atoms with van der Waals surface area (Å²) in [5.41, 5.74) is 7.14. The van der Waals surface area contributed by atoms with Gasteiger partial charge in [0.05, 0.1) is 30.8 Å². The third-order valence-corrected chi connectivity index (χ3v) is 6.64. The van der Waals surface area contributed by atoms with E-state index in [9.17, 15) is 4.79 Å². The first-order valence-electron chi connectivity index (χ1n) is 11.6. The van der Waals surface area contributed by atoms with Crippen molar-refractivity contribution in [1.29, 1.82) is 0 Å². The summed E-state index contributed by atoms with van der Waals surface area (Å²) in [6.07, 6.45) is 3.99. The fourth-order valence-corrected chi connectivity index (χ4v) is 4.76. The number of morpholine rings is 1. The number of imidazole rings is 1. The van der Waals surface area contributed by atoms with Gasteiger partial charge in [0.15, 0.2) is 5.82 Å². The minimum atomic E-state index is -0.632. The highest BCUT2D eigenvalue weighted by Crippen LogP contribution is 2.36. The van der Waals surface area contributed by atoms with Gasteiger partial charge < -0.3 is 20.2 Å². The molecule has 1 aromatic heterocycles. The number of nitrogens with zero attached hydrogens (tertiary/aromatic N) is 2. The second-order valence-electron chi connectivity index (χ2n) is 10.3. The van der Waals surface area contributed by atoms with Crippen LogP contribution in [0.3, 0.4) is 0 Å². The van der Waals surface area contributed by atoms with Crippen molar-refractivity contribution < 1.29 is 18.7 Å². The highest BCUT2D eigenvalue weighted by molar-refractivity contribution is 5.77. The summed E-state index contributed by atoms with van der Waals surface area (Å²) in [5.74, 6) is 1.27. The van der Waals surface area contributed by atoms with Crippen LogP contribution in [0.15, 0.2) is 12.1 Å². The first-order chi connectivity index (χ1) is 15.1. The van der Waals surface area contributed by atoms with E-state index in [0.717, 1.165) is 18.8 Å². The van der Waals surface area contributed by atoms with E-state index >= 15 is 4.39 Å². The van der Waals surface area contributed by atoms with Crippen molar-refractivity contribution >= 4 is 17.1 Å². The second kappa shape index (κ2) is 8.98. The molecule has 1 unspecified atom stereocenters. The number of carbonyl (C=O) groups is 1. The molecule has 0 radical (unpaired) electrons. The molecule has 3 N–H and O–H groups in total. The van der Waals surface area contributed by atoms with Crippen LogP contribution < -0.4 is 5.73 Å². The Bertz CT molecular complexity index is 962. The van der Waals surface area contributed by atoms with Gasteiger partial charge in [-0.2, -0.15) is 0 Å². The number of nitrogens with one attached hydrogen (secondary N) is 1. The number of hydrogen-bond acceptors (Lipinski definition) is 5. The fourth-order valence-electron chi connectivity index (χ4n) is 4.76. The molecule has 2 aliphatic rings. The van der Waals surface area contributed by atoms with E-state index in [1.54, 1.807) is 11.0 Å². The molecule has 1 aliphatic heterocycles. The van der Waals surface area contributed by atoms with E-state index in [4.69, 9.17) is 15.2 Å². The molecule has 0 spiro atoms. The van der Waals surface area contributed by atoms with Gasteiger partial charge >= 0.3 is 6.09 Å². The lowest BCUT2D eigenvalue weighted by atomic mass is 9.79. The summed E-state index contributed by atoms with van der Waals surface area (Å²) < 4.78 is 26.8. The SMILES string of the molecule is CC1CCC([C@H](N)c2nc3c(F)c(C4COCCN4C(=O)OC(C)(C)C)ccc3[nH]2)CC1. The van der Waals surface area contributed by atoms with Crippen molar-refractivity contribution in [2.75, 3.05) is 19.8 Å². The molecule has 1 aromatic carbocycles. The first kappa shape index (κ1) is 23.0. The normalized spacial score (nSPS) is 25.7. The number of halogens is 1. The van der Waals surface area contributed by atoms with Gasteiger partial charge in [-0.05, 0) is 51.5 Å². The number of carbonyl (C=O) groups excluding carboxylic acids is 1. The third kappa shape index (κ3) is 4.76. The Morgan fingerprint density at radius 3 is 2.72 bits per heavy atom. The Kier molecular flexibility index (Phi) is 6.45. The van der Waals surface area contributed by atoms with Crippen LogP contribution in [0, 0.1) is 17.7 Å². The van der Waals surface area contributed by atoms with Gasteiger partial charge in [0.1, 0.15) is 16.9 Å². The van der Waals surface area contributed by atoms with Crippen LogP contribution in [0.25, 0.3) is 11.0 Å². The molecule has 1 amide bonds. The van der Waals surface area contributed by atoms with E-state index in [2.05, 4.69) is 16.9 Å². The van der Waals surface area contributed by atoms with Crippen molar-refractivity contribution in [3.8, 4) is 0 Å². The molecule has 1 aliphatic carbocycles. The molecule has 2 fully saturated rings. The zero-order valence-electron chi connectivity index (χ0n) is 19.5. The largest absolute Gasteiger partial charge is 0.444 e. The Balaban J connectivity index is 1.60. The molecular weight excluding hydrogens is 411 g/mol. The van der Waals surface area contributed by atoms with Crippen LogP contribution >= 0.6 is 0 Å². The number of fused-ring (bicyclic) bond motifs is 1. The van der Waals surface area contributed by atoms with Crippen molar-refractivity contribution in [2.45, 2.75) is 71.1 Å². The molecule has 2 heterocycles. The molecule has 2 aromatic rings. The smallest absolute Gasteiger partial charge is 0.410 e. The van der Waals surface area contributed by atoms with Crippen molar-refractivity contribution in [3.63, 3.8) is 0 Å². The predicted molar refractivity (Wildman–Crippen MR) is 121 cm³/mol. The summed E-state index contributed by atoms with van der Waals surface area (Å²) in [6.45, 7) is 8.65. The predicted octanol–water partition coefficient (Wildman–Crippen LogP) is 4.84. The monoisotopic (exact) mass is 446 g/mol. The first-order valence-corrected chi connectivity index (χ1v) is 11.6. The molecule has 32 heavy (non-hydrogen) atoms. The minimum Gasteiger partial charge on any atom is -0.444 e. The highest BCUT2D eigenvalue weighted by atomic mass is 19.1. The van der Waals surface area contributed by atoms with E-state index in [0.29, 0.717) is 36.0 Å². The average Bonchev–Trinajstić information content (AvgIpc) is 3.18. The number of H-pyrrole nitrogens is 1. The quantitative estimate of drug-likeness (QED) is 0.704. The van der Waals surface area contributed by atoms with Crippen LogP contribution in [0.2, 0.25) is 0 Å². The topological polar surface area (TPSA) is 93.5 Å². The van der Waals surface area contributed by atoms with Crippen LogP contribution in [-0.4, -0.2) is 46.3 Å². The number of ether oxygens (including phenoxy) is 2. The minimum absolute atomic E-state index is 0.207. The molecule has 1 saturated carbocycles. The van der Waals surface area contributed by atoms with Crippen molar-refractivity contribution in [3.05, 3.63) is 29.3 Å². The Hall–Kier alpha value is -2.19. The lowest BCUT2D eigenvalue weighted by Crippen LogP contribution is -2.46. The summed E-state index contributed by atoms with van der Waals surface area (Å²) in [6, 6.07) is 2.69. The lowest BCUT2D eigenvalue weighted by Gasteiger charge is -2.36. The number of nitrogens with two attached hydrogens (primary N) is 1. The van der Waals surface area contributed by atoms with E-state index in [-0.39, 0.29) is 18.2 Å². The molecule has 8 heteroatoms. The van der Waals surface area contributed by atoms with Crippen LogP contribution in [0.1, 0.15) is 76.8 Å². The lowest BCUT2D eigenvalue weighted by molar-refractivity contribution is -0.0337. The maximum atomic E-state index is 15.6. The molecule has 2 atom stereocenters. The standard InChI is InChI=1S/C24H35FN4O3/c1-14-5-7-15(8-6-14)20(26)22-27-17-10-9-16(19(25)21(17)28-22)18-13-31-12-11-29(18)23(30)32-24(2,3)4/h9-10,14-15,18,20H,5-8,11-13,26H2,1-4H3,(H,27,28)/t14?,15?,18?,20-/m0/s1. The number of hydrogen-bond donors (Lipinski definition) is 2. The van der Waals surface area contributed by atoms with Gasteiger partial charge in [0, 0.05) is 12.1 Å². The third-order valence-electron chi connectivity index (χ3n) is 6.64. The summed E-state index contributed by atoms with van der Waals surface area (Å²) in [4.78, 5) is 22.1. The number of amides is 1. The summed E-state index contributed by atoms with van der Waals surface area (Å²) in [5, 5.41) is 0. The fraction of sp³-hybridized carbons (Fsp3) is 0.667. The van der Waals surface area contributed by atoms with Crippen LogP contribution in [0.5, 0.6) is 0 Å². The number of rotatable bonds is 3. The average molecular weight is 447 g/mol. The van der Waals surface area contributed by atoms with Gasteiger partial charge in [0.25, 0.3) is 0 Å². The van der Waals surface area contributed by atoms with Crippen molar-refractivity contribution in [2.24, 2.45) is 17.6 Å². The molecular formula is C24H35FN4O3. The maximum absolute atomic E-state index is 15.6. The molecule has 7 nitrogen and oxygen atoms in total. The van der Waals surface area contributed by atoms with Gasteiger partial charge in [-0.3, -0.25) is 4.90 Å². The van der Waals surface area contributed by atoms with E-state index in [1.165, 1.54) is 12.8 Å². The number of benzene rings is 1. The Morgan fingerprint density at radius 1 is 1.31 bits per heavy atom. The summed E-state index contributed by atoms with van der Waals surface area (Å²) in [7, 11) is 0. The van der Waals surface area contributed by atoms with Crippen LogP contribution in [0.4, 0.5) is 9.18 Å².